The Morgan fingerprint density at radius 1 is 1.11 bits per heavy atom. The molecule has 0 atom stereocenters. The number of fused-ring (bicyclic) bond motifs is 1. The zero-order valence-corrected chi connectivity index (χ0v) is 20.9. The fraction of sp³-hybridized carbons (Fsp3) is 0.259. The summed E-state index contributed by atoms with van der Waals surface area (Å²) < 4.78 is 35.5. The summed E-state index contributed by atoms with van der Waals surface area (Å²) in [5.41, 5.74) is 8.20. The molecule has 38 heavy (non-hydrogen) atoms. The molecule has 196 valence electrons. The van der Waals surface area contributed by atoms with E-state index in [1.807, 2.05) is 13.0 Å². The Bertz CT molecular complexity index is 1550. The second kappa shape index (κ2) is 10.1. The van der Waals surface area contributed by atoms with Gasteiger partial charge >= 0.3 is 0 Å². The Hall–Kier alpha value is -4.54. The minimum absolute atomic E-state index is 0.0338. The molecule has 0 bridgehead atoms. The molecule has 3 heterocycles. The predicted octanol–water partition coefficient (Wildman–Crippen LogP) is 4.07. The van der Waals surface area contributed by atoms with Crippen LogP contribution in [-0.4, -0.2) is 51.3 Å². The summed E-state index contributed by atoms with van der Waals surface area (Å²) in [5, 5.41) is 3.20. The van der Waals surface area contributed by atoms with Crippen LogP contribution >= 0.6 is 0 Å². The van der Waals surface area contributed by atoms with Crippen LogP contribution in [0.5, 0.6) is 5.75 Å². The number of carbonyl (C=O) groups excluding carboxylic acids is 2. The molecular formula is C27H26F2N6O3. The van der Waals surface area contributed by atoms with Crippen molar-refractivity contribution in [3.63, 3.8) is 0 Å². The number of aryl methyl sites for hydroxylation is 1. The molecule has 5 rings (SSSR count). The Labute approximate surface area is 217 Å². The number of nitrogens with zero attached hydrogens (tertiary/aromatic N) is 4. The maximum absolute atomic E-state index is 14.7. The fourth-order valence-electron chi connectivity index (χ4n) is 4.75. The number of nitrogens with two attached hydrogens (primary N) is 1. The van der Waals surface area contributed by atoms with E-state index >= 15 is 0 Å². The highest BCUT2D eigenvalue weighted by Crippen LogP contribution is 2.32. The van der Waals surface area contributed by atoms with Crippen LogP contribution in [0.3, 0.4) is 0 Å². The number of piperidine rings is 1. The van der Waals surface area contributed by atoms with Gasteiger partial charge in [-0.25, -0.2) is 14.4 Å². The highest BCUT2D eigenvalue weighted by atomic mass is 19.2. The van der Waals surface area contributed by atoms with E-state index in [9.17, 15) is 18.4 Å². The molecule has 2 aromatic carbocycles. The third-order valence-corrected chi connectivity index (χ3v) is 6.87. The number of anilines is 2. The monoisotopic (exact) mass is 520 g/mol. The van der Waals surface area contributed by atoms with Crippen molar-refractivity contribution >= 4 is 29.0 Å². The molecular weight excluding hydrogens is 494 g/mol. The first-order chi connectivity index (χ1) is 18.3. The summed E-state index contributed by atoms with van der Waals surface area (Å²) in [7, 11) is 1.27. The van der Waals surface area contributed by atoms with Crippen LogP contribution in [0.2, 0.25) is 0 Å². The maximum Gasteiger partial charge on any atom is 0.254 e. The minimum atomic E-state index is -1.07. The number of rotatable bonds is 6. The summed E-state index contributed by atoms with van der Waals surface area (Å²) in [6.07, 6.45) is 5.71. The molecule has 9 nitrogen and oxygen atoms in total. The van der Waals surface area contributed by atoms with E-state index in [-0.39, 0.29) is 29.0 Å². The van der Waals surface area contributed by atoms with Gasteiger partial charge in [0.1, 0.15) is 0 Å². The molecule has 0 radical (unpaired) electrons. The molecule has 1 aliphatic rings. The lowest BCUT2D eigenvalue weighted by molar-refractivity contribution is -0.123. The Morgan fingerprint density at radius 3 is 2.55 bits per heavy atom. The van der Waals surface area contributed by atoms with E-state index in [0.29, 0.717) is 54.3 Å². The second-order valence-corrected chi connectivity index (χ2v) is 9.18. The first-order valence-corrected chi connectivity index (χ1v) is 12.1. The Kier molecular flexibility index (Phi) is 6.66. The number of primary amides is 1. The highest BCUT2D eigenvalue weighted by Gasteiger charge is 2.27. The van der Waals surface area contributed by atoms with Crippen LogP contribution in [0.25, 0.3) is 16.9 Å². The average molecular weight is 521 g/mol. The smallest absolute Gasteiger partial charge is 0.254 e. The molecule has 1 aliphatic heterocycles. The number of nitrogens with one attached hydrogen (secondary N) is 1. The van der Waals surface area contributed by atoms with Crippen LogP contribution in [0.4, 0.5) is 20.3 Å². The Morgan fingerprint density at radius 2 is 1.87 bits per heavy atom. The van der Waals surface area contributed by atoms with Gasteiger partial charge < -0.3 is 20.7 Å². The van der Waals surface area contributed by atoms with Crippen LogP contribution < -0.4 is 15.8 Å². The molecule has 4 aromatic rings. The molecule has 11 heteroatoms. The molecule has 3 N–H and O–H groups in total. The van der Waals surface area contributed by atoms with E-state index in [4.69, 9.17) is 10.5 Å². The third-order valence-electron chi connectivity index (χ3n) is 6.87. The quantitative estimate of drug-likeness (QED) is 0.396. The highest BCUT2D eigenvalue weighted by molar-refractivity contribution is 5.96. The lowest BCUT2D eigenvalue weighted by atomic mass is 9.95. The number of carbonyl (C=O) groups is 2. The summed E-state index contributed by atoms with van der Waals surface area (Å²) in [6.45, 7) is 2.81. The average Bonchev–Trinajstić information content (AvgIpc) is 3.35. The van der Waals surface area contributed by atoms with Crippen molar-refractivity contribution in [1.29, 1.82) is 0 Å². The van der Waals surface area contributed by atoms with Crippen molar-refractivity contribution < 1.29 is 23.1 Å². The summed E-state index contributed by atoms with van der Waals surface area (Å²) in [4.78, 5) is 35.0. The number of ether oxygens (including phenoxy) is 1. The molecule has 0 unspecified atom stereocenters. The summed E-state index contributed by atoms with van der Waals surface area (Å²) >= 11 is 0. The maximum atomic E-state index is 14.7. The predicted molar refractivity (Wildman–Crippen MR) is 137 cm³/mol. The van der Waals surface area contributed by atoms with Crippen LogP contribution in [-0.2, 0) is 4.79 Å². The lowest BCUT2D eigenvalue weighted by Crippen LogP contribution is -2.41. The number of likely N-dealkylation sites (tertiary alicyclic amines) is 1. The number of aromatic nitrogens is 3. The topological polar surface area (TPSA) is 115 Å². The first-order valence-electron chi connectivity index (χ1n) is 12.1. The molecule has 1 saturated heterocycles. The normalized spacial score (nSPS) is 14.1. The van der Waals surface area contributed by atoms with E-state index < -0.39 is 11.6 Å². The van der Waals surface area contributed by atoms with Gasteiger partial charge in [0.25, 0.3) is 5.91 Å². The number of amides is 2. The van der Waals surface area contributed by atoms with Gasteiger partial charge in [0.2, 0.25) is 11.7 Å². The molecule has 2 aromatic heterocycles. The van der Waals surface area contributed by atoms with Gasteiger partial charge in [-0.3, -0.25) is 14.0 Å². The summed E-state index contributed by atoms with van der Waals surface area (Å²) in [5.74, 6) is -2.49. The van der Waals surface area contributed by atoms with Crippen LogP contribution in [0, 0.1) is 24.5 Å². The lowest BCUT2D eigenvalue weighted by Gasteiger charge is -2.31. The van der Waals surface area contributed by atoms with Crippen molar-refractivity contribution in [1.82, 2.24) is 19.3 Å². The number of hydrogen-bond acceptors (Lipinski definition) is 6. The van der Waals surface area contributed by atoms with E-state index in [1.54, 1.807) is 27.6 Å². The number of imidazole rings is 1. The van der Waals surface area contributed by atoms with Crippen molar-refractivity contribution in [2.24, 2.45) is 11.7 Å². The fourth-order valence-corrected chi connectivity index (χ4v) is 4.75. The first kappa shape index (κ1) is 25.1. The SMILES string of the molecule is COc1ccc(-c2cnc3c(Nc4ccc(C(=O)N5CCC(C(N)=O)CC5)c(C)c4)nccn23)c(F)c1F. The van der Waals surface area contributed by atoms with Gasteiger partial charge in [0.15, 0.2) is 23.0 Å². The van der Waals surface area contributed by atoms with E-state index in [1.165, 1.54) is 31.6 Å². The van der Waals surface area contributed by atoms with Crippen molar-refractivity contribution in [2.75, 3.05) is 25.5 Å². The van der Waals surface area contributed by atoms with E-state index in [0.717, 1.165) is 5.56 Å². The number of methoxy groups -OCH3 is 1. The van der Waals surface area contributed by atoms with Crippen molar-refractivity contribution in [2.45, 2.75) is 19.8 Å². The molecule has 0 saturated carbocycles. The van der Waals surface area contributed by atoms with Gasteiger partial charge in [-0.05, 0) is 55.7 Å². The zero-order valence-electron chi connectivity index (χ0n) is 20.9. The third kappa shape index (κ3) is 4.51. The van der Waals surface area contributed by atoms with Gasteiger partial charge in [-0.2, -0.15) is 4.39 Å². The van der Waals surface area contributed by atoms with Gasteiger partial charge in [0, 0.05) is 48.2 Å². The molecule has 2 amide bonds. The second-order valence-electron chi connectivity index (χ2n) is 9.18. The van der Waals surface area contributed by atoms with Gasteiger partial charge in [0.05, 0.1) is 19.0 Å². The number of hydrogen-bond donors (Lipinski definition) is 2. The van der Waals surface area contributed by atoms with Crippen molar-refractivity contribution in [3.05, 3.63) is 71.7 Å². The molecule has 0 aliphatic carbocycles. The van der Waals surface area contributed by atoms with Crippen molar-refractivity contribution in [3.8, 4) is 17.0 Å². The van der Waals surface area contributed by atoms with Crippen LogP contribution in [0.15, 0.2) is 48.9 Å². The van der Waals surface area contributed by atoms with Gasteiger partial charge in [-0.1, -0.05) is 0 Å². The van der Waals surface area contributed by atoms with Gasteiger partial charge in [-0.15, -0.1) is 0 Å². The standard InChI is InChI=1S/C27H26F2N6O3/c1-15-13-17(3-4-18(15)27(37)34-10-7-16(8-11-34)24(30)36)33-25-26-32-14-20(35(26)12-9-31-25)19-5-6-21(38-2)23(29)22(19)28/h3-6,9,12-14,16H,7-8,10-11H2,1-2H3,(H2,30,36)(H,31,33). The molecule has 1 fully saturated rings. The summed E-state index contributed by atoms with van der Waals surface area (Å²) in [6, 6.07) is 8.14. The Balaban J connectivity index is 1.38. The van der Waals surface area contributed by atoms with Crippen LogP contribution in [0.1, 0.15) is 28.8 Å². The van der Waals surface area contributed by atoms with E-state index in [2.05, 4.69) is 15.3 Å². The number of benzene rings is 2. The number of halogens is 2. The zero-order chi connectivity index (χ0) is 27.0. The molecule has 0 spiro atoms. The minimum Gasteiger partial charge on any atom is -0.494 e. The largest absolute Gasteiger partial charge is 0.494 e.